The summed E-state index contributed by atoms with van der Waals surface area (Å²) in [6, 6.07) is 4.10. The molecule has 1 amide bonds. The van der Waals surface area contributed by atoms with Gasteiger partial charge >= 0.3 is 11.9 Å². The van der Waals surface area contributed by atoms with Crippen molar-refractivity contribution in [2.24, 2.45) is 5.73 Å². The smallest absolute Gasteiger partial charge is 0.353 e. The third kappa shape index (κ3) is 3.13. The van der Waals surface area contributed by atoms with Gasteiger partial charge in [0.2, 0.25) is 5.91 Å². The van der Waals surface area contributed by atoms with E-state index < -0.39 is 22.9 Å². The number of amides is 1. The predicted molar refractivity (Wildman–Crippen MR) is 88.4 cm³/mol. The molecule has 0 radical (unpaired) electrons. The topological polar surface area (TPSA) is 153 Å². The van der Waals surface area contributed by atoms with Crippen molar-refractivity contribution < 1.29 is 29.2 Å². The molecule has 1 unspecified atom stereocenters. The number of ether oxygens (including phenoxy) is 1. The number of hydrogen-bond donors (Lipinski definition) is 2. The largest absolute Gasteiger partial charge is 0.477 e. The van der Waals surface area contributed by atoms with Gasteiger partial charge in [-0.1, -0.05) is 11.8 Å². The lowest BCUT2D eigenvalue weighted by atomic mass is 10.1. The van der Waals surface area contributed by atoms with Crippen LogP contribution in [0.2, 0.25) is 0 Å². The SMILES string of the molecule is NC(C(=O)OCc1ccc([N+](=O)[O-])cc1)C1=C(C(=O)O)N2C(=O)C[C@H]2S1. The average molecular weight is 379 g/mol. The highest BCUT2D eigenvalue weighted by atomic mass is 32.2. The number of nitro groups is 1. The number of nitro benzene ring substituents is 1. The molecule has 1 saturated heterocycles. The van der Waals surface area contributed by atoms with Crippen LogP contribution >= 0.6 is 11.8 Å². The van der Waals surface area contributed by atoms with Gasteiger partial charge in [-0.2, -0.15) is 0 Å². The molecule has 136 valence electrons. The average Bonchev–Trinajstić information content (AvgIpc) is 2.92. The summed E-state index contributed by atoms with van der Waals surface area (Å²) in [5.41, 5.74) is 5.97. The molecule has 3 N–H and O–H groups in total. The van der Waals surface area contributed by atoms with E-state index >= 15 is 0 Å². The molecular weight excluding hydrogens is 366 g/mol. The number of esters is 1. The number of carbonyl (C=O) groups is 3. The molecule has 10 nitrogen and oxygen atoms in total. The van der Waals surface area contributed by atoms with E-state index in [-0.39, 0.29) is 40.6 Å². The van der Waals surface area contributed by atoms with E-state index in [4.69, 9.17) is 10.5 Å². The maximum absolute atomic E-state index is 12.2. The number of aliphatic carboxylic acids is 1. The van der Waals surface area contributed by atoms with Crippen molar-refractivity contribution in [1.29, 1.82) is 0 Å². The summed E-state index contributed by atoms with van der Waals surface area (Å²) in [7, 11) is 0. The molecule has 3 rings (SSSR count). The first-order valence-electron chi connectivity index (χ1n) is 7.41. The van der Waals surface area contributed by atoms with Crippen LogP contribution in [0.3, 0.4) is 0 Å². The number of rotatable bonds is 6. The van der Waals surface area contributed by atoms with Crippen molar-refractivity contribution in [1.82, 2.24) is 4.90 Å². The van der Waals surface area contributed by atoms with Crippen molar-refractivity contribution in [2.75, 3.05) is 0 Å². The Morgan fingerprint density at radius 3 is 2.62 bits per heavy atom. The molecule has 11 heteroatoms. The van der Waals surface area contributed by atoms with E-state index in [1.807, 2.05) is 0 Å². The molecule has 2 aliphatic rings. The highest BCUT2D eigenvalue weighted by molar-refractivity contribution is 8.04. The maximum atomic E-state index is 12.2. The summed E-state index contributed by atoms with van der Waals surface area (Å²) in [5.74, 6) is -2.51. The number of carbonyl (C=O) groups excluding carboxylic acids is 2. The van der Waals surface area contributed by atoms with E-state index in [1.165, 1.54) is 24.3 Å². The maximum Gasteiger partial charge on any atom is 0.353 e. The van der Waals surface area contributed by atoms with Gasteiger partial charge in [-0.05, 0) is 17.7 Å². The molecule has 0 aliphatic carbocycles. The van der Waals surface area contributed by atoms with Crippen LogP contribution in [0.1, 0.15) is 12.0 Å². The van der Waals surface area contributed by atoms with Crippen molar-refractivity contribution >= 4 is 35.3 Å². The quantitative estimate of drug-likeness (QED) is 0.312. The van der Waals surface area contributed by atoms with Gasteiger partial charge in [0.25, 0.3) is 5.69 Å². The Bertz CT molecular complexity index is 836. The number of nitrogens with two attached hydrogens (primary N) is 1. The Hall–Kier alpha value is -2.92. The van der Waals surface area contributed by atoms with Crippen LogP contribution in [0, 0.1) is 10.1 Å². The van der Waals surface area contributed by atoms with Crippen LogP contribution in [-0.2, 0) is 25.7 Å². The van der Waals surface area contributed by atoms with Crippen LogP contribution in [0.15, 0.2) is 34.9 Å². The normalized spacial score (nSPS) is 19.7. The first-order valence-corrected chi connectivity index (χ1v) is 8.29. The molecule has 2 heterocycles. The second-order valence-corrected chi connectivity index (χ2v) is 6.79. The number of carboxylic acids is 1. The van der Waals surface area contributed by atoms with Crippen molar-refractivity contribution in [3.05, 3.63) is 50.5 Å². The lowest BCUT2D eigenvalue weighted by molar-refractivity contribution is -0.384. The molecule has 0 spiro atoms. The molecule has 26 heavy (non-hydrogen) atoms. The number of nitrogens with zero attached hydrogens (tertiary/aromatic N) is 2. The Kier molecular flexibility index (Phi) is 4.66. The number of β-lactam (4-membered cyclic amide) rings is 1. The summed E-state index contributed by atoms with van der Waals surface area (Å²) in [6.07, 6.45) is 0.190. The number of fused-ring (bicyclic) bond motifs is 1. The number of benzene rings is 1. The minimum atomic E-state index is -1.33. The fourth-order valence-corrected chi connectivity index (χ4v) is 3.95. The Labute approximate surface area is 150 Å². The van der Waals surface area contributed by atoms with Gasteiger partial charge in [-0.3, -0.25) is 19.8 Å². The van der Waals surface area contributed by atoms with Crippen LogP contribution in [0.25, 0.3) is 0 Å². The van der Waals surface area contributed by atoms with Crippen LogP contribution in [-0.4, -0.2) is 44.2 Å². The Balaban J connectivity index is 1.67. The summed E-state index contributed by atoms with van der Waals surface area (Å²) >= 11 is 1.07. The van der Waals surface area contributed by atoms with Crippen LogP contribution in [0.5, 0.6) is 0 Å². The first kappa shape index (κ1) is 17.9. The second-order valence-electron chi connectivity index (χ2n) is 5.57. The standard InChI is InChI=1S/C15H13N3O7S/c16-11(13-12(14(20)21)17-9(19)5-10(17)26-13)15(22)25-6-7-1-3-8(4-2-7)18(23)24/h1-4,10-11H,5-6,16H2,(H,20,21)/t10-,11?/m1/s1. The Morgan fingerprint density at radius 1 is 1.42 bits per heavy atom. The minimum absolute atomic E-state index is 0.0852. The fourth-order valence-electron chi connectivity index (χ4n) is 2.57. The van der Waals surface area contributed by atoms with Crippen molar-refractivity contribution in [2.45, 2.75) is 24.4 Å². The lowest BCUT2D eigenvalue weighted by Gasteiger charge is -2.33. The van der Waals surface area contributed by atoms with Gasteiger partial charge in [0, 0.05) is 17.0 Å². The van der Waals surface area contributed by atoms with E-state index in [2.05, 4.69) is 0 Å². The molecule has 2 atom stereocenters. The third-order valence-corrected chi connectivity index (χ3v) is 5.26. The zero-order valence-corrected chi connectivity index (χ0v) is 14.0. The molecule has 2 aliphatic heterocycles. The number of carboxylic acid groups (broad SMARTS) is 1. The number of hydrogen-bond acceptors (Lipinski definition) is 8. The summed E-state index contributed by atoms with van der Waals surface area (Å²) in [5, 5.41) is 19.6. The fraction of sp³-hybridized carbons (Fsp3) is 0.267. The minimum Gasteiger partial charge on any atom is -0.477 e. The molecular formula is C15H13N3O7S. The molecule has 1 aromatic carbocycles. The van der Waals surface area contributed by atoms with Crippen LogP contribution in [0.4, 0.5) is 5.69 Å². The van der Waals surface area contributed by atoms with Gasteiger partial charge in [-0.15, -0.1) is 0 Å². The van der Waals surface area contributed by atoms with Gasteiger partial charge < -0.3 is 15.6 Å². The van der Waals surface area contributed by atoms with Gasteiger partial charge in [0.15, 0.2) is 0 Å². The Morgan fingerprint density at radius 2 is 2.08 bits per heavy atom. The monoisotopic (exact) mass is 379 g/mol. The van der Waals surface area contributed by atoms with Gasteiger partial charge in [0.05, 0.1) is 16.7 Å². The zero-order valence-electron chi connectivity index (χ0n) is 13.2. The van der Waals surface area contributed by atoms with Gasteiger partial charge in [-0.25, -0.2) is 9.59 Å². The van der Waals surface area contributed by atoms with Crippen molar-refractivity contribution in [3.8, 4) is 0 Å². The third-order valence-electron chi connectivity index (χ3n) is 3.91. The van der Waals surface area contributed by atoms with Crippen LogP contribution < -0.4 is 5.73 Å². The van der Waals surface area contributed by atoms with E-state index in [1.54, 1.807) is 0 Å². The van der Waals surface area contributed by atoms with Gasteiger partial charge in [0.1, 0.15) is 18.3 Å². The summed E-state index contributed by atoms with van der Waals surface area (Å²) < 4.78 is 5.07. The van der Waals surface area contributed by atoms with Crippen molar-refractivity contribution in [3.63, 3.8) is 0 Å². The number of thioether (sulfide) groups is 1. The summed E-state index contributed by atoms with van der Waals surface area (Å²) in [6.45, 7) is -0.170. The zero-order chi connectivity index (χ0) is 19.0. The molecule has 1 fully saturated rings. The second kappa shape index (κ2) is 6.77. The first-order chi connectivity index (χ1) is 12.3. The molecule has 1 aromatic rings. The highest BCUT2D eigenvalue weighted by Crippen LogP contribution is 2.47. The molecule has 0 saturated carbocycles. The molecule has 0 bridgehead atoms. The highest BCUT2D eigenvalue weighted by Gasteiger charge is 2.50. The molecule has 0 aromatic heterocycles. The van der Waals surface area contributed by atoms with E-state index in [9.17, 15) is 29.6 Å². The van der Waals surface area contributed by atoms with E-state index in [0.29, 0.717) is 5.56 Å². The summed E-state index contributed by atoms with van der Waals surface area (Å²) in [4.78, 5) is 46.4. The lowest BCUT2D eigenvalue weighted by Crippen LogP contribution is -2.48. The number of non-ortho nitro benzene ring substituents is 1. The predicted octanol–water partition coefficient (Wildman–Crippen LogP) is 0.567. The van der Waals surface area contributed by atoms with E-state index in [0.717, 1.165) is 16.7 Å².